The van der Waals surface area contributed by atoms with E-state index < -0.39 is 0 Å². The molecule has 10 heteroatoms. The minimum Gasteiger partial charge on any atom is -2.00 e. The van der Waals surface area contributed by atoms with Crippen LogP contribution in [0, 0.1) is 0 Å². The molecule has 0 saturated carbocycles. The predicted molar refractivity (Wildman–Crippen MR) is 14.3 cm³/mol. The van der Waals surface area contributed by atoms with Gasteiger partial charge in [-0.2, -0.15) is 0 Å². The van der Waals surface area contributed by atoms with E-state index in [9.17, 15) is 0 Å². The second-order valence-corrected chi connectivity index (χ2v) is 0. The van der Waals surface area contributed by atoms with E-state index in [1.165, 1.54) is 0 Å². The van der Waals surface area contributed by atoms with Crippen LogP contribution in [0.1, 0.15) is 0 Å². The van der Waals surface area contributed by atoms with E-state index in [0.717, 1.165) is 0 Å². The minimum absolute atomic E-state index is 0. The first kappa shape index (κ1) is 855. The van der Waals surface area contributed by atoms with Gasteiger partial charge in [-0.15, -0.1) is 0 Å². The van der Waals surface area contributed by atoms with Crippen molar-refractivity contribution >= 4 is 0 Å². The number of hydrogen-bond acceptors (Lipinski definition) is 0. The maximum atomic E-state index is 0. The molecule has 0 unspecified atom stereocenters. The fourth-order valence-electron chi connectivity index (χ4n) is 0. The van der Waals surface area contributed by atoms with Crippen LogP contribution in [0.15, 0.2) is 0 Å². The van der Waals surface area contributed by atoms with Gasteiger partial charge in [-0.05, 0) is 0 Å². The number of hydrogen-bond donors (Lipinski definition) is 0. The van der Waals surface area contributed by atoms with Crippen molar-refractivity contribution in [2.24, 2.45) is 0 Å². The monoisotopic (exact) mass is 320 g/mol. The Labute approximate surface area is 88.5 Å². The van der Waals surface area contributed by atoms with Crippen molar-refractivity contribution in [2.75, 3.05) is 0 Å². The van der Waals surface area contributed by atoms with Gasteiger partial charge in [0, 0.05) is 0 Å². The van der Waals surface area contributed by atoms with E-state index >= 15 is 0 Å². The molecule has 0 rings (SSSR count). The number of rotatable bonds is 0. The zero-order valence-electron chi connectivity index (χ0n) is 4.44. The molecule has 0 aromatic heterocycles. The normalized spacial score (nSPS) is 0. The summed E-state index contributed by atoms with van der Waals surface area (Å²) in [6, 6.07) is 0. The van der Waals surface area contributed by atoms with Crippen LogP contribution in [0.3, 0.4) is 0 Å². The summed E-state index contributed by atoms with van der Waals surface area (Å²) < 4.78 is 0. The summed E-state index contributed by atoms with van der Waals surface area (Å²) >= 11 is 0. The fraction of sp³-hybridized carbons (Fsp3) is 0. The molecule has 0 fully saturated rings. The van der Waals surface area contributed by atoms with Crippen molar-refractivity contribution in [2.45, 2.75) is 0 Å². The van der Waals surface area contributed by atoms with Crippen molar-refractivity contribution in [3.63, 3.8) is 0 Å². The smallest absolute Gasteiger partial charge is 2.00 e. The van der Waals surface area contributed by atoms with E-state index in [4.69, 9.17) is 0 Å². The van der Waals surface area contributed by atoms with Gasteiger partial charge in [0.25, 0.3) is 0 Å². The summed E-state index contributed by atoms with van der Waals surface area (Å²) in [6.45, 7) is 0. The molecule has 0 bridgehead atoms. The van der Waals surface area contributed by atoms with Crippen LogP contribution in [0.25, 0.3) is 0 Å². The van der Waals surface area contributed by atoms with Crippen LogP contribution >= 0.6 is 0 Å². The topological polar surface area (TPSA) is 237 Å². The van der Waals surface area contributed by atoms with Crippen LogP contribution in [0.5, 0.6) is 0 Å². The zero-order chi connectivity index (χ0) is 0. The van der Waals surface area contributed by atoms with Gasteiger partial charge in [-0.1, -0.05) is 0 Å². The Morgan fingerprint density at radius 2 is 0.300 bits per heavy atom. The molecule has 6 N–H and O–H groups in total. The van der Waals surface area contributed by atoms with Gasteiger partial charge in [-0.3, -0.25) is 0 Å². The Morgan fingerprint density at radius 1 is 0.300 bits per heavy atom. The molecule has 0 amide bonds. The molecule has 0 aromatic rings. The van der Waals surface area contributed by atoms with Crippen LogP contribution in [0.2, 0.25) is 0 Å². The predicted octanol–water partition coefficient (Wildman–Crippen LogP) is -3.07. The van der Waals surface area contributed by atoms with E-state index in [2.05, 4.69) is 0 Å². The molecule has 0 saturated heterocycles. The summed E-state index contributed by atoms with van der Waals surface area (Å²) in [5.41, 5.74) is 0. The van der Waals surface area contributed by atoms with Crippen LogP contribution in [-0.2, 0) is 72.1 Å². The molecule has 10 heavy (non-hydrogen) atoms. The van der Waals surface area contributed by atoms with E-state index in [0.29, 0.717) is 0 Å². The molecular weight excluding hydrogens is 314 g/mol. The molecule has 0 aliphatic rings. The molecule has 0 heterocycles. The van der Waals surface area contributed by atoms with Gasteiger partial charge in [0.1, 0.15) is 0 Å². The second kappa shape index (κ2) is 633. The third kappa shape index (κ3) is 453. The minimum atomic E-state index is 0. The second-order valence-electron chi connectivity index (χ2n) is 0. The maximum absolute atomic E-state index is 0. The van der Waals surface area contributed by atoms with Crippen molar-refractivity contribution in [3.05, 3.63) is 0 Å². The summed E-state index contributed by atoms with van der Waals surface area (Å²) in [5.74, 6) is 0. The maximum Gasteiger partial charge on any atom is 5.00 e. The van der Waals surface area contributed by atoms with Gasteiger partial charge in [0.05, 0.1) is 0 Å². The van der Waals surface area contributed by atoms with Crippen LogP contribution < -0.4 is 0 Å². The largest absolute Gasteiger partial charge is 5.00 e. The van der Waals surface area contributed by atoms with E-state index in [1.807, 2.05) is 0 Å². The Hall–Kier alpha value is 1.16. The Balaban J connectivity index is 0. The standard InChI is InChI=1S/2Nb.3H2O.5O/h;;3*1H2;;;;;/q2*+5;;;;5*-2. The first-order chi connectivity index (χ1) is 0. The zero-order valence-corrected chi connectivity index (χ0v) is 8.83. The van der Waals surface area contributed by atoms with Crippen molar-refractivity contribution in [1.82, 2.24) is 0 Å². The first-order valence-corrected chi connectivity index (χ1v) is 0. The van der Waals surface area contributed by atoms with Crippen LogP contribution in [-0.4, -0.2) is 16.4 Å². The Bertz CT molecular complexity index is 7.22. The summed E-state index contributed by atoms with van der Waals surface area (Å²) in [7, 11) is 0. The molecule has 0 radical (unpaired) electrons. The molecule has 0 spiro atoms. The van der Waals surface area contributed by atoms with E-state index in [-0.39, 0.29) is 88.6 Å². The van der Waals surface area contributed by atoms with Gasteiger partial charge < -0.3 is 43.8 Å². The fourth-order valence-corrected chi connectivity index (χ4v) is 0. The van der Waals surface area contributed by atoms with Gasteiger partial charge in [0.15, 0.2) is 0 Å². The summed E-state index contributed by atoms with van der Waals surface area (Å²) in [6.07, 6.45) is 0. The van der Waals surface area contributed by atoms with Gasteiger partial charge in [-0.25, -0.2) is 0 Å². The van der Waals surface area contributed by atoms with Crippen LogP contribution in [0.4, 0.5) is 0 Å². The SMILES string of the molecule is O.O.O.[Nb+5].[Nb+5].[O-2].[O-2].[O-2].[O-2].[O-2]. The molecule has 0 aliphatic carbocycles. The summed E-state index contributed by atoms with van der Waals surface area (Å²) in [5, 5.41) is 0. The third-order valence-electron chi connectivity index (χ3n) is 0. The van der Waals surface area contributed by atoms with E-state index in [1.54, 1.807) is 0 Å². The Kier molecular flexibility index (Phi) is 54200. The van der Waals surface area contributed by atoms with Crippen molar-refractivity contribution in [3.8, 4) is 0 Å². The molecule has 8 nitrogen and oxygen atoms in total. The molecule has 0 aliphatic heterocycles. The van der Waals surface area contributed by atoms with Crippen molar-refractivity contribution < 1.29 is 88.6 Å². The average molecular weight is 320 g/mol. The average Bonchev–Trinajstić information content (AvgIpc) is 0. The third-order valence-corrected chi connectivity index (χ3v) is 0. The Morgan fingerprint density at radius 3 is 0.300 bits per heavy atom. The molecular formula is H6Nb2O8. The van der Waals surface area contributed by atoms with Crippen molar-refractivity contribution in [1.29, 1.82) is 0 Å². The summed E-state index contributed by atoms with van der Waals surface area (Å²) in [4.78, 5) is 0. The van der Waals surface area contributed by atoms with Gasteiger partial charge in [0.2, 0.25) is 0 Å². The first-order valence-electron chi connectivity index (χ1n) is 0. The quantitative estimate of drug-likeness (QED) is 0.403. The van der Waals surface area contributed by atoms with Gasteiger partial charge >= 0.3 is 44.8 Å². The molecule has 64 valence electrons. The molecule has 0 atom stereocenters. The molecule has 0 aromatic carbocycles.